The summed E-state index contributed by atoms with van der Waals surface area (Å²) < 4.78 is 5.53. The largest absolute Gasteiger partial charge is 0.441 e. The molecular weight excluding hydrogens is 250 g/mol. The molecular formula is C16H17N3O. The van der Waals surface area contributed by atoms with E-state index >= 15 is 0 Å². The number of benzene rings is 1. The van der Waals surface area contributed by atoms with Crippen molar-refractivity contribution in [2.45, 2.75) is 12.8 Å². The van der Waals surface area contributed by atoms with Gasteiger partial charge in [0, 0.05) is 31.8 Å². The van der Waals surface area contributed by atoms with Gasteiger partial charge in [-0.2, -0.15) is 0 Å². The molecule has 2 aromatic heterocycles. The van der Waals surface area contributed by atoms with Crippen molar-refractivity contribution in [3.05, 3.63) is 59.7 Å². The third-order valence-corrected chi connectivity index (χ3v) is 3.44. The predicted molar refractivity (Wildman–Crippen MR) is 78.8 cm³/mol. The number of hydrogen-bond acceptors (Lipinski definition) is 4. The number of oxazole rings is 1. The van der Waals surface area contributed by atoms with Crippen molar-refractivity contribution in [2.24, 2.45) is 0 Å². The molecule has 0 aliphatic heterocycles. The van der Waals surface area contributed by atoms with E-state index in [1.807, 2.05) is 32.4 Å². The smallest absolute Gasteiger partial charge is 0.192 e. The Morgan fingerprint density at radius 1 is 1.15 bits per heavy atom. The van der Waals surface area contributed by atoms with Gasteiger partial charge in [0.25, 0.3) is 0 Å². The Hall–Kier alpha value is -2.20. The van der Waals surface area contributed by atoms with Gasteiger partial charge in [-0.15, -0.1) is 0 Å². The van der Waals surface area contributed by atoms with Crippen LogP contribution in [0, 0.1) is 6.92 Å². The Morgan fingerprint density at radius 3 is 2.70 bits per heavy atom. The lowest BCUT2D eigenvalue weighted by Crippen LogP contribution is -2.18. The first-order valence-electron chi connectivity index (χ1n) is 6.69. The van der Waals surface area contributed by atoms with E-state index in [1.165, 1.54) is 11.1 Å². The molecule has 2 heterocycles. The summed E-state index contributed by atoms with van der Waals surface area (Å²) in [6, 6.07) is 10.3. The minimum atomic E-state index is 0.282. The van der Waals surface area contributed by atoms with Gasteiger partial charge in [0.2, 0.25) is 0 Å². The number of aromatic nitrogens is 2. The average molecular weight is 267 g/mol. The van der Waals surface area contributed by atoms with Gasteiger partial charge in [-0.3, -0.25) is 4.98 Å². The van der Waals surface area contributed by atoms with Crippen LogP contribution in [0.4, 0.5) is 0 Å². The number of pyridine rings is 1. The van der Waals surface area contributed by atoms with Gasteiger partial charge >= 0.3 is 0 Å². The molecule has 4 nitrogen and oxygen atoms in total. The molecule has 0 saturated carbocycles. The fourth-order valence-corrected chi connectivity index (χ4v) is 2.50. The molecule has 0 radical (unpaired) electrons. The molecule has 0 aliphatic rings. The number of rotatable bonds is 4. The number of aryl methyl sites for hydroxylation is 1. The molecule has 102 valence electrons. The van der Waals surface area contributed by atoms with Crippen molar-refractivity contribution < 1.29 is 4.42 Å². The number of nitrogens with one attached hydrogen (secondary N) is 1. The lowest BCUT2D eigenvalue weighted by atomic mass is 9.92. The summed E-state index contributed by atoms with van der Waals surface area (Å²) in [5, 5.41) is 3.25. The van der Waals surface area contributed by atoms with Crippen LogP contribution in [0.3, 0.4) is 0 Å². The van der Waals surface area contributed by atoms with Gasteiger partial charge in [0.05, 0.1) is 0 Å². The van der Waals surface area contributed by atoms with Crippen LogP contribution < -0.4 is 5.32 Å². The summed E-state index contributed by atoms with van der Waals surface area (Å²) in [4.78, 5) is 8.50. The molecule has 0 amide bonds. The number of hydrogen-bond donors (Lipinski definition) is 1. The first-order chi connectivity index (χ1) is 9.78. The molecule has 3 rings (SSSR count). The van der Waals surface area contributed by atoms with E-state index in [0.717, 1.165) is 17.6 Å². The van der Waals surface area contributed by atoms with Crippen molar-refractivity contribution in [3.8, 4) is 0 Å². The molecule has 1 unspecified atom stereocenters. The summed E-state index contributed by atoms with van der Waals surface area (Å²) in [7, 11) is 1.97. The second kappa shape index (κ2) is 5.43. The maximum absolute atomic E-state index is 5.53. The van der Waals surface area contributed by atoms with E-state index in [1.54, 1.807) is 0 Å². The van der Waals surface area contributed by atoms with Crippen LogP contribution in [0.5, 0.6) is 0 Å². The van der Waals surface area contributed by atoms with Crippen molar-refractivity contribution in [1.29, 1.82) is 0 Å². The standard InChI is InChI=1S/C16H17N3O/c1-11-19-15-9-13(3-4-16(15)20-11)14(10-17-2)12-5-7-18-8-6-12/h3-9,14,17H,10H2,1-2H3. The lowest BCUT2D eigenvalue weighted by molar-refractivity contribution is 0.561. The summed E-state index contributed by atoms with van der Waals surface area (Å²) in [5.41, 5.74) is 4.22. The highest BCUT2D eigenvalue weighted by atomic mass is 16.3. The van der Waals surface area contributed by atoms with Gasteiger partial charge in [-0.05, 0) is 42.4 Å². The van der Waals surface area contributed by atoms with E-state index < -0.39 is 0 Å². The molecule has 1 atom stereocenters. The first kappa shape index (κ1) is 12.8. The summed E-state index contributed by atoms with van der Waals surface area (Å²) in [6.07, 6.45) is 3.66. The van der Waals surface area contributed by atoms with Crippen molar-refractivity contribution >= 4 is 11.1 Å². The van der Waals surface area contributed by atoms with Crippen molar-refractivity contribution in [2.75, 3.05) is 13.6 Å². The summed E-state index contributed by atoms with van der Waals surface area (Å²) >= 11 is 0. The fourth-order valence-electron chi connectivity index (χ4n) is 2.50. The number of nitrogens with zero attached hydrogens (tertiary/aromatic N) is 2. The van der Waals surface area contributed by atoms with Crippen LogP contribution >= 0.6 is 0 Å². The molecule has 0 fully saturated rings. The zero-order valence-electron chi connectivity index (χ0n) is 11.6. The zero-order valence-corrected chi connectivity index (χ0v) is 11.6. The molecule has 20 heavy (non-hydrogen) atoms. The van der Waals surface area contributed by atoms with Crippen LogP contribution in [0.1, 0.15) is 22.9 Å². The van der Waals surface area contributed by atoms with E-state index in [0.29, 0.717) is 5.89 Å². The van der Waals surface area contributed by atoms with Gasteiger partial charge in [0.1, 0.15) is 5.52 Å². The minimum Gasteiger partial charge on any atom is -0.441 e. The predicted octanol–water partition coefficient (Wildman–Crippen LogP) is 2.88. The molecule has 1 aromatic carbocycles. The van der Waals surface area contributed by atoms with Crippen molar-refractivity contribution in [1.82, 2.24) is 15.3 Å². The maximum Gasteiger partial charge on any atom is 0.192 e. The lowest BCUT2D eigenvalue weighted by Gasteiger charge is -2.17. The maximum atomic E-state index is 5.53. The Labute approximate surface area is 117 Å². The third kappa shape index (κ3) is 2.42. The second-order valence-corrected chi connectivity index (χ2v) is 4.85. The molecule has 0 bridgehead atoms. The van der Waals surface area contributed by atoms with E-state index in [2.05, 4.69) is 39.6 Å². The zero-order chi connectivity index (χ0) is 13.9. The van der Waals surface area contributed by atoms with E-state index in [-0.39, 0.29) is 5.92 Å². The summed E-state index contributed by atoms with van der Waals surface area (Å²) in [6.45, 7) is 2.74. The molecule has 1 N–H and O–H groups in total. The number of fused-ring (bicyclic) bond motifs is 1. The highest BCUT2D eigenvalue weighted by molar-refractivity contribution is 5.73. The van der Waals surface area contributed by atoms with Gasteiger partial charge in [-0.25, -0.2) is 4.98 Å². The highest BCUT2D eigenvalue weighted by Crippen LogP contribution is 2.27. The van der Waals surface area contributed by atoms with Crippen LogP contribution in [-0.4, -0.2) is 23.6 Å². The average Bonchev–Trinajstić information content (AvgIpc) is 2.84. The molecule has 0 spiro atoms. The Balaban J connectivity index is 2.04. The highest BCUT2D eigenvalue weighted by Gasteiger charge is 2.15. The van der Waals surface area contributed by atoms with Crippen LogP contribution in [0.15, 0.2) is 47.1 Å². The summed E-state index contributed by atoms with van der Waals surface area (Å²) in [5.74, 6) is 0.982. The van der Waals surface area contributed by atoms with Gasteiger partial charge < -0.3 is 9.73 Å². The third-order valence-electron chi connectivity index (χ3n) is 3.44. The topological polar surface area (TPSA) is 51.0 Å². The molecule has 0 aliphatic carbocycles. The van der Waals surface area contributed by atoms with E-state index in [9.17, 15) is 0 Å². The molecule has 0 saturated heterocycles. The molecule has 3 aromatic rings. The monoisotopic (exact) mass is 267 g/mol. The second-order valence-electron chi connectivity index (χ2n) is 4.85. The van der Waals surface area contributed by atoms with Crippen LogP contribution in [0.2, 0.25) is 0 Å². The number of likely N-dealkylation sites (N-methyl/N-ethyl adjacent to an activating group) is 1. The normalized spacial score (nSPS) is 12.7. The van der Waals surface area contributed by atoms with Gasteiger partial charge in [-0.1, -0.05) is 6.07 Å². The first-order valence-corrected chi connectivity index (χ1v) is 6.69. The van der Waals surface area contributed by atoms with Crippen LogP contribution in [-0.2, 0) is 0 Å². The Bertz CT molecular complexity index is 706. The molecule has 4 heteroatoms. The quantitative estimate of drug-likeness (QED) is 0.789. The van der Waals surface area contributed by atoms with Crippen LogP contribution in [0.25, 0.3) is 11.1 Å². The van der Waals surface area contributed by atoms with Crippen molar-refractivity contribution in [3.63, 3.8) is 0 Å². The van der Waals surface area contributed by atoms with E-state index in [4.69, 9.17) is 4.42 Å². The fraction of sp³-hybridized carbons (Fsp3) is 0.250. The SMILES string of the molecule is CNCC(c1ccncc1)c1ccc2oc(C)nc2c1. The Morgan fingerprint density at radius 2 is 1.95 bits per heavy atom. The van der Waals surface area contributed by atoms with Gasteiger partial charge in [0.15, 0.2) is 11.5 Å². The minimum absolute atomic E-state index is 0.282. The Kier molecular flexibility index (Phi) is 3.48.